The van der Waals surface area contributed by atoms with Gasteiger partial charge in [-0.15, -0.1) is 11.6 Å². The van der Waals surface area contributed by atoms with Gasteiger partial charge in [-0.1, -0.05) is 19.4 Å². The summed E-state index contributed by atoms with van der Waals surface area (Å²) in [6, 6.07) is 9.77. The third-order valence-corrected chi connectivity index (χ3v) is 19.5. The van der Waals surface area contributed by atoms with E-state index in [1.54, 1.807) is 23.4 Å². The summed E-state index contributed by atoms with van der Waals surface area (Å²) >= 11 is 5.03. The second kappa shape index (κ2) is 16.1. The first-order valence-corrected chi connectivity index (χ1v) is 26.0. The summed E-state index contributed by atoms with van der Waals surface area (Å²) in [5.41, 5.74) is 7.47. The van der Waals surface area contributed by atoms with Crippen LogP contribution in [0.2, 0.25) is 3.43 Å². The fraction of sp³-hybridized carbons (Fsp3) is 0.583. The zero-order chi connectivity index (χ0) is 42.9. The number of aromatic amines is 1. The zero-order valence-electron chi connectivity index (χ0n) is 36.4. The molecule has 2 saturated heterocycles. The Morgan fingerprint density at radius 3 is 2.60 bits per heavy atom. The molecule has 14 heteroatoms. The minimum atomic E-state index is -1.74. The molecule has 328 valence electrons. The van der Waals surface area contributed by atoms with Crippen LogP contribution in [0.25, 0.3) is 11.0 Å². The number of aromatic nitrogens is 2. The summed E-state index contributed by atoms with van der Waals surface area (Å²) in [7, 11) is 0. The van der Waals surface area contributed by atoms with Gasteiger partial charge in [-0.2, -0.15) is 0 Å². The van der Waals surface area contributed by atoms with Gasteiger partial charge in [0.15, 0.2) is 0 Å². The zero-order valence-corrected chi connectivity index (χ0v) is 40.0. The summed E-state index contributed by atoms with van der Waals surface area (Å²) in [5, 5.41) is 16.7. The number of hydrogen-bond acceptors (Lipinski definition) is 9. The Labute approximate surface area is 380 Å². The summed E-state index contributed by atoms with van der Waals surface area (Å²) in [5.74, 6) is 1.31. The molecule has 4 saturated carbocycles. The minimum Gasteiger partial charge on any atom is -0.119 e. The number of nitrogens with one attached hydrogen (secondary N) is 3. The van der Waals surface area contributed by atoms with E-state index < -0.39 is 24.8 Å². The van der Waals surface area contributed by atoms with Crippen LogP contribution in [0.4, 0.5) is 5.69 Å². The molecule has 3 aromatic rings. The van der Waals surface area contributed by atoms with Gasteiger partial charge in [0.1, 0.15) is 0 Å². The molecule has 12 nitrogen and oxygen atoms in total. The van der Waals surface area contributed by atoms with Crippen molar-refractivity contribution in [3.05, 3.63) is 93.1 Å². The largest absolute Gasteiger partial charge is 0.119 e. The number of nitrogens with zero attached hydrogens (tertiary/aromatic N) is 4. The minimum absolute atomic E-state index is 0.0795. The number of rotatable bonds is 13. The smallest absolute Gasteiger partial charge is 0.0472 e. The van der Waals surface area contributed by atoms with E-state index in [1.807, 2.05) is 49.5 Å². The number of H-pyrrole nitrogens is 1. The normalized spacial score (nSPS) is 29.3. The van der Waals surface area contributed by atoms with E-state index in [0.29, 0.717) is 51.3 Å². The summed E-state index contributed by atoms with van der Waals surface area (Å²) < 4.78 is 14.9. The maximum Gasteiger partial charge on any atom is 0.0472 e. The number of anilines is 1. The number of piperazine rings is 1. The number of pyridine rings is 1. The van der Waals surface area contributed by atoms with Crippen LogP contribution in [0.3, 0.4) is 0 Å². The van der Waals surface area contributed by atoms with Gasteiger partial charge in [-0.3, -0.25) is 0 Å². The Kier molecular flexibility index (Phi) is 11.0. The van der Waals surface area contributed by atoms with Gasteiger partial charge in [-0.05, 0) is 49.4 Å². The van der Waals surface area contributed by atoms with Crippen LogP contribution in [0.5, 0.6) is 11.5 Å². The molecule has 2 bridgehead atoms. The van der Waals surface area contributed by atoms with Crippen molar-refractivity contribution in [3.63, 3.8) is 0 Å². The molecule has 4 heterocycles. The number of amides is 1. The molecule has 11 rings (SSSR count). The number of hydrogen-bond donors (Lipinski definition) is 3. The Morgan fingerprint density at radius 1 is 1.08 bits per heavy atom. The van der Waals surface area contributed by atoms with Crippen molar-refractivity contribution in [1.82, 2.24) is 23.7 Å². The number of fused-ring (bicyclic) bond motifs is 1. The van der Waals surface area contributed by atoms with Crippen LogP contribution in [0.15, 0.2) is 77.4 Å². The SMILES string of the molecule is CC1(C)CCC(CN2CCN(c3ccc(C(=O)[NH][Sn][C]4(C)C=C([N+](=O)[O-])C(NCC5CC6(CCOCC6)C5)=CC4)c(Oc4cnc5[nH]ccc5c4)c3)CC2)=C(C23CC(Cl)(C2)C3)C1. The van der Waals surface area contributed by atoms with Gasteiger partial charge in [0.05, 0.1) is 0 Å². The molecule has 2 aliphatic heterocycles. The third-order valence-electron chi connectivity index (χ3n) is 15.5. The summed E-state index contributed by atoms with van der Waals surface area (Å²) in [6.07, 6.45) is 19.6. The fourth-order valence-corrected chi connectivity index (χ4v) is 15.3. The van der Waals surface area contributed by atoms with Crippen LogP contribution in [-0.2, 0) is 4.74 Å². The standard InChI is InChI=1S/C32H38ClN5O2.C16H23N2O3.Sn/c1-30(2)7-5-22(26(15-30)31-18-32(33,19-31)20-31)17-37-9-11-38(12-10-37)23-3-4-25(28(34)39)27(14-23)40-24-13-21-6-8-35-29(21)36-16-24;1-12-2-3-14(15(8-12)18(19)20)17-11-13-9-16(10-13)4-6-21-7-5-16;/h3-4,6,8,13-14,16H,5,7,9-12,15,17-20H2,1-2H3,(H3,34,35,36,39);3,8,13,17H,2,4-7,9-11H2,1H3;/q;;+1/p-1. The van der Waals surface area contributed by atoms with Crippen LogP contribution in [0.1, 0.15) is 102 Å². The molecule has 6 aliphatic carbocycles. The molecular weight excluding hydrogens is 909 g/mol. The number of carbonyl (C=O) groups is 1. The van der Waals surface area contributed by atoms with Crippen molar-refractivity contribution in [1.29, 1.82) is 0 Å². The number of allylic oxidation sites excluding steroid dienone is 3. The first-order chi connectivity index (χ1) is 29.7. The fourth-order valence-electron chi connectivity index (χ4n) is 11.9. The summed E-state index contributed by atoms with van der Waals surface area (Å²) in [6.45, 7) is 14.1. The molecule has 1 unspecified atom stereocenters. The van der Waals surface area contributed by atoms with Crippen molar-refractivity contribution in [2.75, 3.05) is 57.4 Å². The molecule has 1 spiro atoms. The van der Waals surface area contributed by atoms with E-state index in [2.05, 4.69) is 42.5 Å². The third kappa shape index (κ3) is 8.42. The molecule has 3 N–H and O–H groups in total. The van der Waals surface area contributed by atoms with E-state index in [9.17, 15) is 14.9 Å². The number of halogens is 1. The predicted molar refractivity (Wildman–Crippen MR) is 243 cm³/mol. The van der Waals surface area contributed by atoms with Crippen molar-refractivity contribution in [2.24, 2.45) is 22.2 Å². The van der Waals surface area contributed by atoms with Crippen molar-refractivity contribution < 1.29 is 19.2 Å². The van der Waals surface area contributed by atoms with Gasteiger partial charge in [-0.25, -0.2) is 0 Å². The quantitative estimate of drug-likeness (QED) is 0.0504. The first-order valence-electron chi connectivity index (χ1n) is 22.8. The van der Waals surface area contributed by atoms with Gasteiger partial charge < -0.3 is 0 Å². The second-order valence-corrected chi connectivity index (χ2v) is 26.4. The number of alkyl halides is 1. The average molecular weight is 969 g/mol. The first kappa shape index (κ1) is 42.4. The average Bonchev–Trinajstić information content (AvgIpc) is 3.69. The van der Waals surface area contributed by atoms with Crippen LogP contribution >= 0.6 is 11.6 Å². The van der Waals surface area contributed by atoms with Crippen molar-refractivity contribution >= 4 is 55.6 Å². The summed E-state index contributed by atoms with van der Waals surface area (Å²) in [4.78, 5) is 39.0. The van der Waals surface area contributed by atoms with E-state index in [1.165, 1.54) is 19.3 Å². The number of ether oxygens (including phenoxy) is 2. The van der Waals surface area contributed by atoms with Gasteiger partial charge in [0.25, 0.3) is 0 Å². The topological polar surface area (TPSA) is 138 Å². The second-order valence-electron chi connectivity index (χ2n) is 20.9. The van der Waals surface area contributed by atoms with Crippen molar-refractivity contribution in [2.45, 2.75) is 99.7 Å². The van der Waals surface area contributed by atoms with Gasteiger partial charge in [0, 0.05) is 4.87 Å². The molecule has 8 aliphatic rings. The molecule has 2 radical (unpaired) electrons. The Hall–Kier alpha value is -3.59. The monoisotopic (exact) mass is 969 g/mol. The molecule has 2 aromatic heterocycles. The van der Waals surface area contributed by atoms with E-state index in [0.717, 1.165) is 114 Å². The maximum absolute atomic E-state index is 14.1. The van der Waals surface area contributed by atoms with Gasteiger partial charge >= 0.3 is 297 Å². The predicted octanol–water partition coefficient (Wildman–Crippen LogP) is 8.92. The van der Waals surface area contributed by atoms with Gasteiger partial charge in [0.2, 0.25) is 0 Å². The Balaban J connectivity index is 0.808. The van der Waals surface area contributed by atoms with E-state index >= 15 is 0 Å². The van der Waals surface area contributed by atoms with Crippen molar-refractivity contribution in [3.8, 4) is 11.5 Å². The van der Waals surface area contributed by atoms with E-state index in [-0.39, 0.29) is 21.4 Å². The molecule has 1 amide bonds. The van der Waals surface area contributed by atoms with E-state index in [4.69, 9.17) is 21.1 Å². The van der Waals surface area contributed by atoms with Crippen LogP contribution < -0.4 is 18.5 Å². The molecule has 6 fully saturated rings. The maximum atomic E-state index is 14.1. The number of benzene rings is 1. The Bertz CT molecular complexity index is 2330. The molecule has 62 heavy (non-hydrogen) atoms. The molecule has 1 aromatic carbocycles. The molecule has 1 atom stereocenters. The van der Waals surface area contributed by atoms with Crippen LogP contribution in [-0.4, -0.2) is 104 Å². The Morgan fingerprint density at radius 2 is 1.85 bits per heavy atom. The molecular formula is C48H60ClN7O5Sn. The van der Waals surface area contributed by atoms with Crippen LogP contribution in [0, 0.1) is 32.3 Å². The number of nitro groups is 1. The number of carbonyl (C=O) groups excluding carboxylic acids is 1.